The van der Waals surface area contributed by atoms with E-state index >= 15 is 0 Å². The minimum absolute atomic E-state index is 0.164. The van der Waals surface area contributed by atoms with Crippen molar-refractivity contribution in [2.24, 2.45) is 5.73 Å². The summed E-state index contributed by atoms with van der Waals surface area (Å²) >= 11 is 3.30. The molecule has 5 nitrogen and oxygen atoms in total. The zero-order valence-electron chi connectivity index (χ0n) is 9.33. The molecule has 0 unspecified atom stereocenters. The second-order valence-electron chi connectivity index (χ2n) is 3.46. The maximum Gasteiger partial charge on any atom is 0.255 e. The molecule has 1 rings (SSSR count). The Balaban J connectivity index is 3.00. The number of nitrogens with two attached hydrogens (primary N) is 1. The largest absolute Gasteiger partial charge is 0.362 e. The summed E-state index contributed by atoms with van der Waals surface area (Å²) in [6.07, 6.45) is 1.66. The van der Waals surface area contributed by atoms with Gasteiger partial charge in [-0.15, -0.1) is 0 Å². The van der Waals surface area contributed by atoms with E-state index in [1.807, 2.05) is 14.1 Å². The summed E-state index contributed by atoms with van der Waals surface area (Å²) in [5, 5.41) is 2.72. The first-order chi connectivity index (χ1) is 7.56. The van der Waals surface area contributed by atoms with E-state index in [-0.39, 0.29) is 5.91 Å². The van der Waals surface area contributed by atoms with E-state index in [1.165, 1.54) is 0 Å². The van der Waals surface area contributed by atoms with Crippen molar-refractivity contribution >= 4 is 27.7 Å². The first-order valence-corrected chi connectivity index (χ1v) is 5.66. The van der Waals surface area contributed by atoms with Crippen molar-refractivity contribution in [3.05, 3.63) is 22.3 Å². The number of halogens is 1. The number of anilines is 1. The number of pyridine rings is 1. The number of amides is 1. The van der Waals surface area contributed by atoms with Crippen molar-refractivity contribution in [1.29, 1.82) is 0 Å². The lowest BCUT2D eigenvalue weighted by Gasteiger charge is -2.15. The summed E-state index contributed by atoms with van der Waals surface area (Å²) in [7, 11) is 3.69. The lowest BCUT2D eigenvalue weighted by Crippen LogP contribution is -2.30. The number of hydrogen-bond acceptors (Lipinski definition) is 4. The fourth-order valence-electron chi connectivity index (χ4n) is 1.24. The van der Waals surface area contributed by atoms with Crippen molar-refractivity contribution in [2.45, 2.75) is 0 Å². The van der Waals surface area contributed by atoms with Crippen LogP contribution in [0.3, 0.4) is 0 Å². The van der Waals surface area contributed by atoms with Crippen molar-refractivity contribution in [3.63, 3.8) is 0 Å². The zero-order chi connectivity index (χ0) is 12.1. The minimum atomic E-state index is -0.164. The van der Waals surface area contributed by atoms with Gasteiger partial charge in [-0.05, 0) is 22.0 Å². The molecule has 0 radical (unpaired) electrons. The van der Waals surface area contributed by atoms with E-state index in [0.29, 0.717) is 24.5 Å². The highest BCUT2D eigenvalue weighted by atomic mass is 79.9. The summed E-state index contributed by atoms with van der Waals surface area (Å²) in [6.45, 7) is 0.878. The van der Waals surface area contributed by atoms with Crippen LogP contribution in [-0.2, 0) is 0 Å². The number of nitrogens with zero attached hydrogens (tertiary/aromatic N) is 2. The van der Waals surface area contributed by atoms with Crippen LogP contribution < -0.4 is 16.0 Å². The smallest absolute Gasteiger partial charge is 0.255 e. The van der Waals surface area contributed by atoms with Crippen LogP contribution in [0.15, 0.2) is 16.7 Å². The van der Waals surface area contributed by atoms with Crippen LogP contribution in [0.5, 0.6) is 0 Å². The number of hydrogen-bond donors (Lipinski definition) is 2. The molecular weight excluding hydrogens is 272 g/mol. The van der Waals surface area contributed by atoms with Gasteiger partial charge in [0.1, 0.15) is 5.82 Å². The Hall–Kier alpha value is -1.14. The number of nitrogens with one attached hydrogen (secondary N) is 1. The van der Waals surface area contributed by atoms with E-state index in [2.05, 4.69) is 26.2 Å². The van der Waals surface area contributed by atoms with E-state index in [4.69, 9.17) is 5.73 Å². The lowest BCUT2D eigenvalue weighted by molar-refractivity contribution is 0.0955. The molecule has 1 heterocycles. The molecule has 0 saturated heterocycles. The molecule has 3 N–H and O–H groups in total. The zero-order valence-corrected chi connectivity index (χ0v) is 10.9. The van der Waals surface area contributed by atoms with Gasteiger partial charge in [0.15, 0.2) is 0 Å². The van der Waals surface area contributed by atoms with E-state index in [1.54, 1.807) is 17.2 Å². The van der Waals surface area contributed by atoms with Crippen molar-refractivity contribution in [2.75, 3.05) is 32.1 Å². The molecule has 6 heteroatoms. The lowest BCUT2D eigenvalue weighted by atomic mass is 10.2. The van der Waals surface area contributed by atoms with Crippen LogP contribution >= 0.6 is 15.9 Å². The molecule has 0 spiro atoms. The van der Waals surface area contributed by atoms with Gasteiger partial charge in [0, 0.05) is 37.9 Å². The number of carbonyl (C=O) groups is 1. The van der Waals surface area contributed by atoms with Gasteiger partial charge in [-0.1, -0.05) is 0 Å². The van der Waals surface area contributed by atoms with Gasteiger partial charge in [-0.25, -0.2) is 4.98 Å². The van der Waals surface area contributed by atoms with Crippen LogP contribution in [0.4, 0.5) is 5.82 Å². The van der Waals surface area contributed by atoms with E-state index in [9.17, 15) is 4.79 Å². The molecule has 1 aromatic heterocycles. The average Bonchev–Trinajstić information content (AvgIpc) is 2.25. The van der Waals surface area contributed by atoms with Crippen LogP contribution in [-0.4, -0.2) is 38.1 Å². The molecular formula is C10H15BrN4O. The third kappa shape index (κ3) is 3.18. The monoisotopic (exact) mass is 286 g/mol. The number of carbonyl (C=O) groups excluding carboxylic acids is 1. The fourth-order valence-corrected chi connectivity index (χ4v) is 1.57. The molecule has 0 aliphatic heterocycles. The third-order valence-corrected chi connectivity index (χ3v) is 2.37. The van der Waals surface area contributed by atoms with Gasteiger partial charge >= 0.3 is 0 Å². The quantitative estimate of drug-likeness (QED) is 0.850. The van der Waals surface area contributed by atoms with Crippen molar-refractivity contribution in [3.8, 4) is 0 Å². The molecule has 0 aromatic carbocycles. The highest BCUT2D eigenvalue weighted by Crippen LogP contribution is 2.19. The molecule has 0 fully saturated rings. The van der Waals surface area contributed by atoms with E-state index in [0.717, 1.165) is 4.47 Å². The van der Waals surface area contributed by atoms with Crippen LogP contribution in [0, 0.1) is 0 Å². The number of rotatable bonds is 4. The van der Waals surface area contributed by atoms with Gasteiger partial charge in [0.05, 0.1) is 5.56 Å². The van der Waals surface area contributed by atoms with Gasteiger partial charge in [0.25, 0.3) is 5.91 Å². The Morgan fingerprint density at radius 1 is 1.62 bits per heavy atom. The predicted molar refractivity (Wildman–Crippen MR) is 67.7 cm³/mol. The first kappa shape index (κ1) is 12.9. The topological polar surface area (TPSA) is 71.2 Å². The van der Waals surface area contributed by atoms with Crippen LogP contribution in [0.2, 0.25) is 0 Å². The van der Waals surface area contributed by atoms with Gasteiger partial charge in [-0.2, -0.15) is 0 Å². The van der Waals surface area contributed by atoms with Crippen LogP contribution in [0.1, 0.15) is 10.4 Å². The van der Waals surface area contributed by atoms with Crippen molar-refractivity contribution < 1.29 is 4.79 Å². The SMILES string of the molecule is CN(C)c1ncc(Br)cc1C(=O)NCCN. The maximum absolute atomic E-state index is 11.8. The third-order valence-electron chi connectivity index (χ3n) is 1.93. The summed E-state index contributed by atoms with van der Waals surface area (Å²) in [6, 6.07) is 1.74. The molecule has 0 bridgehead atoms. The summed E-state index contributed by atoms with van der Waals surface area (Å²) in [4.78, 5) is 17.8. The normalized spacial score (nSPS) is 10.0. The molecule has 0 aliphatic carbocycles. The highest BCUT2D eigenvalue weighted by molar-refractivity contribution is 9.10. The Morgan fingerprint density at radius 3 is 2.88 bits per heavy atom. The van der Waals surface area contributed by atoms with E-state index < -0.39 is 0 Å². The predicted octanol–water partition coefficient (Wildman–Crippen LogP) is 0.599. The van der Waals surface area contributed by atoms with Crippen molar-refractivity contribution in [1.82, 2.24) is 10.3 Å². The Kier molecular flexibility index (Phi) is 4.70. The molecule has 0 aliphatic rings. The fraction of sp³-hybridized carbons (Fsp3) is 0.400. The highest BCUT2D eigenvalue weighted by Gasteiger charge is 2.14. The molecule has 88 valence electrons. The van der Waals surface area contributed by atoms with Gasteiger partial charge in [-0.3, -0.25) is 4.79 Å². The Labute approximate surface area is 103 Å². The van der Waals surface area contributed by atoms with Gasteiger partial charge in [0.2, 0.25) is 0 Å². The first-order valence-electron chi connectivity index (χ1n) is 4.87. The Bertz CT molecular complexity index is 381. The molecule has 0 saturated carbocycles. The second-order valence-corrected chi connectivity index (χ2v) is 4.38. The molecule has 1 aromatic rings. The molecule has 16 heavy (non-hydrogen) atoms. The Morgan fingerprint density at radius 2 is 2.31 bits per heavy atom. The average molecular weight is 287 g/mol. The summed E-state index contributed by atoms with van der Waals surface area (Å²) in [5.74, 6) is 0.473. The van der Waals surface area contributed by atoms with Gasteiger partial charge < -0.3 is 16.0 Å². The summed E-state index contributed by atoms with van der Waals surface area (Å²) in [5.41, 5.74) is 5.87. The second kappa shape index (κ2) is 5.81. The minimum Gasteiger partial charge on any atom is -0.362 e. The van der Waals surface area contributed by atoms with Crippen LogP contribution in [0.25, 0.3) is 0 Å². The standard InChI is InChI=1S/C10H15BrN4O/c1-15(2)9-8(5-7(11)6-14-9)10(16)13-4-3-12/h5-6H,3-4,12H2,1-2H3,(H,13,16). The summed E-state index contributed by atoms with van der Waals surface area (Å²) < 4.78 is 0.774. The molecule has 1 amide bonds. The number of aromatic nitrogens is 1. The molecule has 0 atom stereocenters. The maximum atomic E-state index is 11.8.